The molecule has 0 saturated carbocycles. The van der Waals surface area contributed by atoms with Crippen LogP contribution in [0.15, 0.2) is 0 Å². The molecule has 0 aromatic rings. The van der Waals surface area contributed by atoms with Gasteiger partial charge in [0.2, 0.25) is 10.0 Å². The molecule has 100 valence electrons. The van der Waals surface area contributed by atoms with E-state index in [1.807, 2.05) is 6.92 Å². The molecule has 2 atom stereocenters. The van der Waals surface area contributed by atoms with Crippen molar-refractivity contribution in [1.82, 2.24) is 9.62 Å². The van der Waals surface area contributed by atoms with Gasteiger partial charge in [-0.1, -0.05) is 6.92 Å². The lowest BCUT2D eigenvalue weighted by Crippen LogP contribution is -2.47. The third kappa shape index (κ3) is 2.50. The van der Waals surface area contributed by atoms with E-state index in [-0.39, 0.29) is 23.8 Å². The zero-order chi connectivity index (χ0) is 12.5. The highest BCUT2D eigenvalue weighted by Gasteiger charge is 2.42. The van der Waals surface area contributed by atoms with E-state index in [9.17, 15) is 13.5 Å². The van der Waals surface area contributed by atoms with E-state index in [0.29, 0.717) is 19.4 Å². The number of sulfonamides is 1. The summed E-state index contributed by atoms with van der Waals surface area (Å²) >= 11 is 0. The zero-order valence-corrected chi connectivity index (χ0v) is 11.1. The van der Waals surface area contributed by atoms with Crippen LogP contribution in [0.4, 0.5) is 0 Å². The van der Waals surface area contributed by atoms with Crippen LogP contribution in [0.3, 0.4) is 0 Å². The summed E-state index contributed by atoms with van der Waals surface area (Å²) in [5, 5.41) is 12.3. The topological polar surface area (TPSA) is 69.6 Å². The molecule has 2 unspecified atom stereocenters. The van der Waals surface area contributed by atoms with Crippen LogP contribution in [0.25, 0.3) is 0 Å². The highest BCUT2D eigenvalue weighted by molar-refractivity contribution is 7.89. The van der Waals surface area contributed by atoms with Crippen LogP contribution in [0.1, 0.15) is 26.2 Å². The molecule has 2 heterocycles. The number of nitrogens with zero attached hydrogens (tertiary/aromatic N) is 1. The molecule has 0 radical (unpaired) electrons. The SMILES string of the molecule is CC1CCN(S(=O)(=O)C2CCNCC2)C1CO. The van der Waals surface area contributed by atoms with E-state index in [2.05, 4.69) is 5.32 Å². The van der Waals surface area contributed by atoms with Gasteiger partial charge in [0.25, 0.3) is 0 Å². The van der Waals surface area contributed by atoms with Crippen LogP contribution in [0.5, 0.6) is 0 Å². The molecular weight excluding hydrogens is 240 g/mol. The average Bonchev–Trinajstić information content (AvgIpc) is 2.72. The van der Waals surface area contributed by atoms with Gasteiger partial charge in [0.15, 0.2) is 0 Å². The molecule has 2 aliphatic heterocycles. The molecule has 0 amide bonds. The molecule has 2 rings (SSSR count). The number of hydrogen-bond acceptors (Lipinski definition) is 4. The molecular formula is C11H22N2O3S. The van der Waals surface area contributed by atoms with E-state index in [0.717, 1.165) is 19.5 Å². The molecule has 0 aliphatic carbocycles. The summed E-state index contributed by atoms with van der Waals surface area (Å²) in [6.45, 7) is 4.07. The highest BCUT2D eigenvalue weighted by Crippen LogP contribution is 2.30. The molecule has 0 bridgehead atoms. The van der Waals surface area contributed by atoms with E-state index < -0.39 is 10.0 Å². The minimum Gasteiger partial charge on any atom is -0.395 e. The van der Waals surface area contributed by atoms with Crippen molar-refractivity contribution >= 4 is 10.0 Å². The molecule has 5 nitrogen and oxygen atoms in total. The molecule has 2 N–H and O–H groups in total. The fourth-order valence-corrected chi connectivity index (χ4v) is 5.07. The van der Waals surface area contributed by atoms with Gasteiger partial charge in [0.1, 0.15) is 0 Å². The molecule has 0 aromatic carbocycles. The van der Waals surface area contributed by atoms with Gasteiger partial charge in [-0.2, -0.15) is 4.31 Å². The average molecular weight is 262 g/mol. The highest BCUT2D eigenvalue weighted by atomic mass is 32.2. The van der Waals surface area contributed by atoms with Crippen molar-refractivity contribution in [3.8, 4) is 0 Å². The quantitative estimate of drug-likeness (QED) is 0.737. The fourth-order valence-electron chi connectivity index (χ4n) is 2.84. The number of hydrogen-bond donors (Lipinski definition) is 2. The lowest BCUT2D eigenvalue weighted by atomic mass is 10.0. The summed E-state index contributed by atoms with van der Waals surface area (Å²) in [6.07, 6.45) is 2.23. The summed E-state index contributed by atoms with van der Waals surface area (Å²) in [5.41, 5.74) is 0. The van der Waals surface area contributed by atoms with Crippen molar-refractivity contribution in [3.05, 3.63) is 0 Å². The second kappa shape index (κ2) is 5.22. The van der Waals surface area contributed by atoms with Gasteiger partial charge in [-0.15, -0.1) is 0 Å². The zero-order valence-electron chi connectivity index (χ0n) is 10.3. The second-order valence-corrected chi connectivity index (χ2v) is 7.29. The second-order valence-electron chi connectivity index (χ2n) is 5.12. The predicted molar refractivity (Wildman–Crippen MR) is 66.2 cm³/mol. The van der Waals surface area contributed by atoms with Crippen LogP contribution in [0.2, 0.25) is 0 Å². The van der Waals surface area contributed by atoms with E-state index >= 15 is 0 Å². The summed E-state index contributed by atoms with van der Waals surface area (Å²) in [4.78, 5) is 0. The van der Waals surface area contributed by atoms with Crippen molar-refractivity contribution in [2.24, 2.45) is 5.92 Å². The van der Waals surface area contributed by atoms with Crippen LogP contribution in [-0.4, -0.2) is 55.4 Å². The number of aliphatic hydroxyl groups is 1. The molecule has 17 heavy (non-hydrogen) atoms. The lowest BCUT2D eigenvalue weighted by molar-refractivity contribution is 0.189. The minimum atomic E-state index is -3.22. The van der Waals surface area contributed by atoms with Gasteiger partial charge >= 0.3 is 0 Å². The third-order valence-corrected chi connectivity index (χ3v) is 6.47. The van der Waals surface area contributed by atoms with Gasteiger partial charge in [-0.3, -0.25) is 0 Å². The Morgan fingerprint density at radius 1 is 1.29 bits per heavy atom. The summed E-state index contributed by atoms with van der Waals surface area (Å²) in [6, 6.07) is -0.213. The Labute approximate surface area is 103 Å². The first-order valence-electron chi connectivity index (χ1n) is 6.39. The molecule has 2 fully saturated rings. The Morgan fingerprint density at radius 3 is 2.53 bits per heavy atom. The maximum atomic E-state index is 12.5. The molecule has 2 aliphatic rings. The maximum absolute atomic E-state index is 12.5. The van der Waals surface area contributed by atoms with E-state index in [1.54, 1.807) is 4.31 Å². The first-order valence-corrected chi connectivity index (χ1v) is 7.90. The molecule has 0 aromatic heterocycles. The number of nitrogens with one attached hydrogen (secondary N) is 1. The third-order valence-electron chi connectivity index (χ3n) is 4.05. The normalized spacial score (nSPS) is 33.1. The predicted octanol–water partition coefficient (Wildman–Crippen LogP) is -0.229. The van der Waals surface area contributed by atoms with Crippen molar-refractivity contribution < 1.29 is 13.5 Å². The van der Waals surface area contributed by atoms with Crippen LogP contribution in [-0.2, 0) is 10.0 Å². The minimum absolute atomic E-state index is 0.0641. The monoisotopic (exact) mass is 262 g/mol. The van der Waals surface area contributed by atoms with Crippen molar-refractivity contribution in [1.29, 1.82) is 0 Å². The Kier molecular flexibility index (Phi) is 4.07. The van der Waals surface area contributed by atoms with E-state index in [4.69, 9.17) is 0 Å². The van der Waals surface area contributed by atoms with Gasteiger partial charge < -0.3 is 10.4 Å². The Bertz CT molecular complexity index is 352. The van der Waals surface area contributed by atoms with Crippen LogP contribution < -0.4 is 5.32 Å². The standard InChI is InChI=1S/C11H22N2O3S/c1-9-4-7-13(11(9)8-14)17(15,16)10-2-5-12-6-3-10/h9-12,14H,2-8H2,1H3. The van der Waals surface area contributed by atoms with Crippen LogP contribution >= 0.6 is 0 Å². The Balaban J connectivity index is 2.14. The molecule has 2 saturated heterocycles. The van der Waals surface area contributed by atoms with Gasteiger partial charge in [-0.25, -0.2) is 8.42 Å². The first kappa shape index (κ1) is 13.3. The number of aliphatic hydroxyl groups excluding tert-OH is 1. The van der Waals surface area contributed by atoms with E-state index in [1.165, 1.54) is 0 Å². The van der Waals surface area contributed by atoms with Gasteiger partial charge in [0.05, 0.1) is 17.9 Å². The summed E-state index contributed by atoms with van der Waals surface area (Å²) < 4.78 is 26.5. The van der Waals surface area contributed by atoms with Crippen LogP contribution in [0, 0.1) is 5.92 Å². The van der Waals surface area contributed by atoms with Gasteiger partial charge in [-0.05, 0) is 38.3 Å². The Morgan fingerprint density at radius 2 is 1.94 bits per heavy atom. The summed E-state index contributed by atoms with van der Waals surface area (Å²) in [7, 11) is -3.22. The van der Waals surface area contributed by atoms with Gasteiger partial charge in [0, 0.05) is 6.54 Å². The van der Waals surface area contributed by atoms with Crippen molar-refractivity contribution in [2.75, 3.05) is 26.2 Å². The number of rotatable bonds is 3. The number of piperidine rings is 1. The van der Waals surface area contributed by atoms with Crippen molar-refractivity contribution in [2.45, 2.75) is 37.5 Å². The lowest BCUT2D eigenvalue weighted by Gasteiger charge is -2.31. The molecule has 0 spiro atoms. The largest absolute Gasteiger partial charge is 0.395 e. The maximum Gasteiger partial charge on any atom is 0.217 e. The summed E-state index contributed by atoms with van der Waals surface area (Å²) in [5.74, 6) is 0.261. The van der Waals surface area contributed by atoms with Crippen molar-refractivity contribution in [3.63, 3.8) is 0 Å². The Hall–Kier alpha value is -0.170. The fraction of sp³-hybridized carbons (Fsp3) is 1.00. The smallest absolute Gasteiger partial charge is 0.217 e. The molecule has 6 heteroatoms. The first-order chi connectivity index (χ1) is 8.07.